The van der Waals surface area contributed by atoms with Gasteiger partial charge in [0, 0.05) is 25.6 Å². The van der Waals surface area contributed by atoms with E-state index in [1.165, 1.54) is 27.6 Å². The molecule has 0 bridgehead atoms. The van der Waals surface area contributed by atoms with Gasteiger partial charge in [0.15, 0.2) is 0 Å². The second-order valence-electron chi connectivity index (χ2n) is 8.22. The number of hydrogen-bond acceptors (Lipinski definition) is 4. The zero-order valence-electron chi connectivity index (χ0n) is 18.0. The fraction of sp³-hybridized carbons (Fsp3) is 0.417. The number of nitrogens with zero attached hydrogens (tertiary/aromatic N) is 2. The van der Waals surface area contributed by atoms with Crippen molar-refractivity contribution in [2.75, 3.05) is 19.6 Å². The number of benzene rings is 2. The second kappa shape index (κ2) is 10.1. The molecular formula is C24H29N3O3S. The van der Waals surface area contributed by atoms with Gasteiger partial charge >= 0.3 is 0 Å². The van der Waals surface area contributed by atoms with Gasteiger partial charge in [0.2, 0.25) is 15.9 Å². The molecule has 0 radical (unpaired) electrons. The normalized spacial score (nSPS) is 15.5. The van der Waals surface area contributed by atoms with E-state index >= 15 is 0 Å². The molecule has 1 N–H and O–H groups in total. The molecule has 31 heavy (non-hydrogen) atoms. The van der Waals surface area contributed by atoms with E-state index < -0.39 is 10.0 Å². The van der Waals surface area contributed by atoms with Crippen LogP contribution in [0.3, 0.4) is 0 Å². The van der Waals surface area contributed by atoms with E-state index in [9.17, 15) is 18.5 Å². The first kappa shape index (κ1) is 23.0. The van der Waals surface area contributed by atoms with Crippen molar-refractivity contribution in [2.24, 2.45) is 5.92 Å². The summed E-state index contributed by atoms with van der Waals surface area (Å²) in [6.07, 6.45) is 1.72. The van der Waals surface area contributed by atoms with E-state index in [-0.39, 0.29) is 35.4 Å². The first-order valence-corrected chi connectivity index (χ1v) is 12.1. The monoisotopic (exact) mass is 439 g/mol. The molecule has 0 atom stereocenters. The minimum absolute atomic E-state index is 0.0201. The van der Waals surface area contributed by atoms with Crippen molar-refractivity contribution >= 4 is 15.9 Å². The summed E-state index contributed by atoms with van der Waals surface area (Å²) in [6, 6.07) is 16.6. The van der Waals surface area contributed by atoms with Crippen LogP contribution in [0, 0.1) is 17.2 Å². The third-order valence-electron chi connectivity index (χ3n) is 5.81. The van der Waals surface area contributed by atoms with Crippen molar-refractivity contribution in [3.05, 3.63) is 65.2 Å². The highest BCUT2D eigenvalue weighted by molar-refractivity contribution is 7.89. The third-order valence-corrected chi connectivity index (χ3v) is 7.77. The summed E-state index contributed by atoms with van der Waals surface area (Å²) in [5, 5.41) is 12.2. The molecule has 1 aliphatic rings. The Labute approximate surface area is 184 Å². The minimum atomic E-state index is -3.74. The highest BCUT2D eigenvalue weighted by atomic mass is 32.2. The highest BCUT2D eigenvalue weighted by Crippen LogP contribution is 2.25. The molecule has 1 heterocycles. The number of nitriles is 1. The summed E-state index contributed by atoms with van der Waals surface area (Å²) in [6.45, 7) is 5.43. The van der Waals surface area contributed by atoms with Gasteiger partial charge in [0.1, 0.15) is 6.07 Å². The molecule has 0 spiro atoms. The van der Waals surface area contributed by atoms with Gasteiger partial charge in [0.25, 0.3) is 0 Å². The summed E-state index contributed by atoms with van der Waals surface area (Å²) in [7, 11) is -3.74. The fourth-order valence-corrected chi connectivity index (χ4v) is 5.44. The van der Waals surface area contributed by atoms with Gasteiger partial charge in [-0.25, -0.2) is 8.42 Å². The Morgan fingerprint density at radius 1 is 1.13 bits per heavy atom. The van der Waals surface area contributed by atoms with Crippen LogP contribution in [0.2, 0.25) is 0 Å². The smallest absolute Gasteiger partial charge is 0.244 e. The average molecular weight is 440 g/mol. The van der Waals surface area contributed by atoms with Crippen LogP contribution < -0.4 is 5.32 Å². The predicted octanol–water partition coefficient (Wildman–Crippen LogP) is 3.44. The van der Waals surface area contributed by atoms with Crippen molar-refractivity contribution in [1.29, 1.82) is 5.26 Å². The lowest BCUT2D eigenvalue weighted by molar-refractivity contribution is -0.126. The SMILES string of the molecule is CC(C)c1ccc(CCNC(=O)C2CCN(S(=O)(=O)c3ccccc3C#N)CC2)cc1. The topological polar surface area (TPSA) is 90.3 Å². The summed E-state index contributed by atoms with van der Waals surface area (Å²) in [4.78, 5) is 12.6. The molecular weight excluding hydrogens is 410 g/mol. The lowest BCUT2D eigenvalue weighted by atomic mass is 9.97. The third kappa shape index (κ3) is 5.52. The van der Waals surface area contributed by atoms with Crippen molar-refractivity contribution in [3.8, 4) is 6.07 Å². The van der Waals surface area contributed by atoms with Crippen LogP contribution in [0.15, 0.2) is 53.4 Å². The number of sulfonamides is 1. The van der Waals surface area contributed by atoms with E-state index in [1.54, 1.807) is 12.1 Å². The molecule has 0 aromatic heterocycles. The largest absolute Gasteiger partial charge is 0.356 e. The van der Waals surface area contributed by atoms with Gasteiger partial charge in [-0.2, -0.15) is 9.57 Å². The van der Waals surface area contributed by atoms with Crippen LogP contribution in [0.4, 0.5) is 0 Å². The van der Waals surface area contributed by atoms with E-state index in [1.807, 2.05) is 6.07 Å². The molecule has 2 aromatic carbocycles. The first-order valence-electron chi connectivity index (χ1n) is 10.7. The number of carbonyl (C=O) groups excluding carboxylic acids is 1. The van der Waals surface area contributed by atoms with E-state index in [2.05, 4.69) is 43.4 Å². The fourth-order valence-electron chi connectivity index (χ4n) is 3.82. The average Bonchev–Trinajstić information content (AvgIpc) is 2.79. The van der Waals surface area contributed by atoms with Crippen molar-refractivity contribution in [1.82, 2.24) is 9.62 Å². The molecule has 2 aromatic rings. The number of piperidine rings is 1. The molecule has 0 aliphatic carbocycles. The molecule has 0 unspecified atom stereocenters. The van der Waals surface area contributed by atoms with Gasteiger partial charge in [0.05, 0.1) is 10.5 Å². The van der Waals surface area contributed by atoms with E-state index in [0.29, 0.717) is 25.3 Å². The standard InChI is InChI=1S/C24H29N3O3S/c1-18(2)20-9-7-19(8-10-20)11-14-26-24(28)21-12-15-27(16-13-21)31(29,30)23-6-4-3-5-22(23)17-25/h3-10,18,21H,11-16H2,1-2H3,(H,26,28). The van der Waals surface area contributed by atoms with Crippen LogP contribution in [0.25, 0.3) is 0 Å². The maximum Gasteiger partial charge on any atom is 0.244 e. The van der Waals surface area contributed by atoms with Crippen molar-refractivity contribution in [2.45, 2.75) is 43.9 Å². The Balaban J connectivity index is 1.50. The Bertz CT molecular complexity index is 1050. The zero-order chi connectivity index (χ0) is 22.4. The molecule has 164 valence electrons. The van der Waals surface area contributed by atoms with E-state index in [0.717, 1.165) is 6.42 Å². The van der Waals surface area contributed by atoms with Crippen molar-refractivity contribution in [3.63, 3.8) is 0 Å². The molecule has 1 amide bonds. The summed E-state index contributed by atoms with van der Waals surface area (Å²) >= 11 is 0. The van der Waals surface area contributed by atoms with Gasteiger partial charge in [-0.15, -0.1) is 0 Å². The minimum Gasteiger partial charge on any atom is -0.356 e. The summed E-state index contributed by atoms with van der Waals surface area (Å²) in [5.74, 6) is 0.283. The Hall–Kier alpha value is -2.69. The maximum atomic E-state index is 12.9. The lowest BCUT2D eigenvalue weighted by Gasteiger charge is -2.30. The van der Waals surface area contributed by atoms with Gasteiger partial charge in [-0.1, -0.05) is 50.2 Å². The first-order chi connectivity index (χ1) is 14.8. The zero-order valence-corrected chi connectivity index (χ0v) is 18.9. The Kier molecular flexibility index (Phi) is 7.47. The van der Waals surface area contributed by atoms with Crippen LogP contribution in [-0.2, 0) is 21.2 Å². The molecule has 1 saturated heterocycles. The highest BCUT2D eigenvalue weighted by Gasteiger charge is 2.33. The number of rotatable bonds is 7. The number of carbonyl (C=O) groups is 1. The van der Waals surface area contributed by atoms with Crippen LogP contribution >= 0.6 is 0 Å². The maximum absolute atomic E-state index is 12.9. The summed E-state index contributed by atoms with van der Waals surface area (Å²) in [5.41, 5.74) is 2.62. The Morgan fingerprint density at radius 2 is 1.77 bits per heavy atom. The molecule has 3 rings (SSSR count). The van der Waals surface area contributed by atoms with Crippen LogP contribution in [0.1, 0.15) is 49.3 Å². The second-order valence-corrected chi connectivity index (χ2v) is 10.1. The predicted molar refractivity (Wildman–Crippen MR) is 120 cm³/mol. The molecule has 1 aliphatic heterocycles. The number of nitrogens with one attached hydrogen (secondary N) is 1. The molecule has 6 nitrogen and oxygen atoms in total. The van der Waals surface area contributed by atoms with Crippen LogP contribution in [0.5, 0.6) is 0 Å². The Morgan fingerprint density at radius 3 is 2.39 bits per heavy atom. The lowest BCUT2D eigenvalue weighted by Crippen LogP contribution is -2.43. The molecule has 7 heteroatoms. The van der Waals surface area contributed by atoms with Gasteiger partial charge < -0.3 is 5.32 Å². The van der Waals surface area contributed by atoms with Crippen LogP contribution in [-0.4, -0.2) is 38.3 Å². The summed E-state index contributed by atoms with van der Waals surface area (Å²) < 4.78 is 27.2. The molecule has 1 fully saturated rings. The van der Waals surface area contributed by atoms with Gasteiger partial charge in [-0.3, -0.25) is 4.79 Å². The van der Waals surface area contributed by atoms with E-state index in [4.69, 9.17) is 0 Å². The molecule has 0 saturated carbocycles. The van der Waals surface area contributed by atoms with Crippen molar-refractivity contribution < 1.29 is 13.2 Å². The number of hydrogen-bond donors (Lipinski definition) is 1. The quantitative estimate of drug-likeness (QED) is 0.716. The number of amides is 1. The van der Waals surface area contributed by atoms with Gasteiger partial charge in [-0.05, 0) is 48.4 Å².